The highest BCUT2D eigenvalue weighted by Crippen LogP contribution is 2.38. The van der Waals surface area contributed by atoms with E-state index in [2.05, 4.69) is 38.0 Å². The van der Waals surface area contributed by atoms with Crippen LogP contribution in [-0.4, -0.2) is 22.6 Å². The summed E-state index contributed by atoms with van der Waals surface area (Å²) in [5.74, 6) is -0.573. The molecule has 0 aromatic carbocycles. The zero-order chi connectivity index (χ0) is 14.2. The molecular formula is C14H22N2O2S. The van der Waals surface area contributed by atoms with Gasteiger partial charge in [-0.05, 0) is 24.2 Å². The molecule has 106 valence electrons. The van der Waals surface area contributed by atoms with Crippen LogP contribution in [0.3, 0.4) is 0 Å². The third kappa shape index (κ3) is 2.91. The molecule has 5 heteroatoms. The minimum absolute atomic E-state index is 0.197. The van der Waals surface area contributed by atoms with Crippen molar-refractivity contribution in [2.24, 2.45) is 11.3 Å². The first-order valence-electron chi connectivity index (χ1n) is 6.77. The molecule has 1 aromatic heterocycles. The molecule has 0 saturated carbocycles. The molecule has 1 aliphatic carbocycles. The Hall–Kier alpha value is -1.10. The molecule has 0 radical (unpaired) electrons. The number of carboxylic acids is 1. The molecule has 19 heavy (non-hydrogen) atoms. The number of rotatable bonds is 5. The van der Waals surface area contributed by atoms with Gasteiger partial charge in [0.2, 0.25) is 0 Å². The maximum atomic E-state index is 11.1. The average Bonchev–Trinajstić information content (AvgIpc) is 2.84. The number of aromatic nitrogens is 1. The van der Waals surface area contributed by atoms with E-state index in [9.17, 15) is 4.79 Å². The second-order valence-electron chi connectivity index (χ2n) is 6.25. The minimum Gasteiger partial charge on any atom is -0.481 e. The lowest BCUT2D eigenvalue weighted by Gasteiger charge is -2.29. The van der Waals surface area contributed by atoms with E-state index < -0.39 is 11.9 Å². The monoisotopic (exact) mass is 282 g/mol. The highest BCUT2D eigenvalue weighted by molar-refractivity contribution is 7.15. The molecule has 4 nitrogen and oxygen atoms in total. The van der Waals surface area contributed by atoms with Gasteiger partial charge in [0.15, 0.2) is 5.13 Å². The molecule has 1 aromatic rings. The van der Waals surface area contributed by atoms with Crippen molar-refractivity contribution < 1.29 is 9.90 Å². The summed E-state index contributed by atoms with van der Waals surface area (Å²) >= 11 is 1.61. The first-order chi connectivity index (χ1) is 8.81. The highest BCUT2D eigenvalue weighted by atomic mass is 32.1. The summed E-state index contributed by atoms with van der Waals surface area (Å²) in [6.45, 7) is 9.74. The van der Waals surface area contributed by atoms with Gasteiger partial charge in [0.25, 0.3) is 0 Å². The molecule has 1 atom stereocenters. The Morgan fingerprint density at radius 1 is 1.58 bits per heavy atom. The first-order valence-corrected chi connectivity index (χ1v) is 7.59. The second-order valence-corrected chi connectivity index (χ2v) is 7.34. The summed E-state index contributed by atoms with van der Waals surface area (Å²) in [5, 5.41) is 13.4. The molecule has 1 unspecified atom stereocenters. The molecular weight excluding hydrogens is 260 g/mol. The number of hydrogen-bond donors (Lipinski definition) is 2. The van der Waals surface area contributed by atoms with E-state index in [0.717, 1.165) is 28.7 Å². The molecule has 2 rings (SSSR count). The number of fused-ring (bicyclic) bond motifs is 1. The zero-order valence-electron chi connectivity index (χ0n) is 12.0. The molecule has 2 N–H and O–H groups in total. The Morgan fingerprint density at radius 3 is 2.84 bits per heavy atom. The molecule has 0 fully saturated rings. The summed E-state index contributed by atoms with van der Waals surface area (Å²) in [4.78, 5) is 16.7. The van der Waals surface area contributed by atoms with Gasteiger partial charge in [0.1, 0.15) is 5.92 Å². The number of carboxylic acid groups (broad SMARTS) is 1. The fraction of sp³-hybridized carbons (Fsp3) is 0.714. The van der Waals surface area contributed by atoms with Crippen molar-refractivity contribution in [3.63, 3.8) is 0 Å². The number of aliphatic carboxylic acids is 1. The normalized spacial score (nSPS) is 18.7. The number of carbonyl (C=O) groups is 1. The number of nitrogens with one attached hydrogen (secondary N) is 1. The fourth-order valence-electron chi connectivity index (χ4n) is 2.05. The van der Waals surface area contributed by atoms with E-state index in [-0.39, 0.29) is 5.41 Å². The number of hydrogen-bond acceptors (Lipinski definition) is 4. The van der Waals surface area contributed by atoms with Gasteiger partial charge in [0, 0.05) is 11.4 Å². The van der Waals surface area contributed by atoms with Crippen LogP contribution in [0.4, 0.5) is 5.13 Å². The van der Waals surface area contributed by atoms with E-state index in [0.29, 0.717) is 12.3 Å². The molecule has 0 bridgehead atoms. The maximum absolute atomic E-state index is 11.1. The summed E-state index contributed by atoms with van der Waals surface area (Å²) in [7, 11) is 0. The molecule has 0 spiro atoms. The van der Waals surface area contributed by atoms with Crippen LogP contribution in [0.15, 0.2) is 0 Å². The molecule has 1 heterocycles. The van der Waals surface area contributed by atoms with Crippen LogP contribution in [0, 0.1) is 11.3 Å². The number of anilines is 1. The van der Waals surface area contributed by atoms with Crippen LogP contribution in [0.5, 0.6) is 0 Å². The molecule has 0 saturated heterocycles. The number of nitrogens with zero attached hydrogens (tertiary/aromatic N) is 1. The Bertz CT molecular complexity index is 480. The number of thiazole rings is 1. The van der Waals surface area contributed by atoms with Crippen LogP contribution in [-0.2, 0) is 11.2 Å². The van der Waals surface area contributed by atoms with Crippen molar-refractivity contribution in [1.29, 1.82) is 0 Å². The Morgan fingerprint density at radius 2 is 2.26 bits per heavy atom. The van der Waals surface area contributed by atoms with E-state index >= 15 is 0 Å². The average molecular weight is 282 g/mol. The topological polar surface area (TPSA) is 62.2 Å². The van der Waals surface area contributed by atoms with Crippen LogP contribution in [0.2, 0.25) is 0 Å². The minimum atomic E-state index is -0.752. The number of aryl methyl sites for hydroxylation is 1. The molecule has 0 aliphatic heterocycles. The lowest BCUT2D eigenvalue weighted by molar-refractivity contribution is -0.138. The van der Waals surface area contributed by atoms with Gasteiger partial charge in [-0.15, -0.1) is 11.3 Å². The van der Waals surface area contributed by atoms with E-state index in [1.54, 1.807) is 11.3 Å². The van der Waals surface area contributed by atoms with Crippen LogP contribution in [0.25, 0.3) is 0 Å². The molecule has 0 amide bonds. The lowest BCUT2D eigenvalue weighted by atomic mass is 9.81. The Labute approximate surface area is 118 Å². The SMILES string of the molecule is CC(C)C(C)(C)CNc1nc2c(s1)CCC2C(=O)O. The maximum Gasteiger partial charge on any atom is 0.312 e. The van der Waals surface area contributed by atoms with Crippen molar-refractivity contribution in [3.05, 3.63) is 10.6 Å². The van der Waals surface area contributed by atoms with Gasteiger partial charge in [-0.25, -0.2) is 4.98 Å². The third-order valence-corrected chi connectivity index (χ3v) is 5.36. The smallest absolute Gasteiger partial charge is 0.312 e. The summed E-state index contributed by atoms with van der Waals surface area (Å²) in [5.41, 5.74) is 0.977. The van der Waals surface area contributed by atoms with E-state index in [1.807, 2.05) is 0 Å². The predicted octanol–water partition coefficient (Wildman–Crippen LogP) is 3.35. The Kier molecular flexibility index (Phi) is 3.85. The standard InChI is InChI=1S/C14H22N2O2S/c1-8(2)14(3,4)7-15-13-16-11-9(12(17)18)5-6-10(11)19-13/h8-9H,5-7H2,1-4H3,(H,15,16)(H,17,18). The van der Waals surface area contributed by atoms with E-state index in [1.165, 1.54) is 0 Å². The predicted molar refractivity (Wildman–Crippen MR) is 77.9 cm³/mol. The van der Waals surface area contributed by atoms with Crippen molar-refractivity contribution >= 4 is 22.4 Å². The van der Waals surface area contributed by atoms with Gasteiger partial charge in [-0.2, -0.15) is 0 Å². The van der Waals surface area contributed by atoms with Crippen molar-refractivity contribution in [2.45, 2.75) is 46.5 Å². The zero-order valence-corrected chi connectivity index (χ0v) is 12.8. The van der Waals surface area contributed by atoms with Gasteiger partial charge >= 0.3 is 5.97 Å². The van der Waals surface area contributed by atoms with Gasteiger partial charge in [-0.1, -0.05) is 27.7 Å². The van der Waals surface area contributed by atoms with Gasteiger partial charge in [-0.3, -0.25) is 4.79 Å². The lowest BCUT2D eigenvalue weighted by Crippen LogP contribution is -2.28. The second kappa shape index (κ2) is 5.12. The quantitative estimate of drug-likeness (QED) is 0.869. The van der Waals surface area contributed by atoms with Crippen LogP contribution >= 0.6 is 11.3 Å². The largest absolute Gasteiger partial charge is 0.481 e. The Balaban J connectivity index is 2.05. The third-order valence-electron chi connectivity index (χ3n) is 4.27. The summed E-state index contributed by atoms with van der Waals surface area (Å²) < 4.78 is 0. The summed E-state index contributed by atoms with van der Waals surface area (Å²) in [6.07, 6.45) is 1.54. The summed E-state index contributed by atoms with van der Waals surface area (Å²) in [6, 6.07) is 0. The fourth-order valence-corrected chi connectivity index (χ4v) is 3.08. The van der Waals surface area contributed by atoms with E-state index in [4.69, 9.17) is 5.11 Å². The molecule has 1 aliphatic rings. The van der Waals surface area contributed by atoms with Crippen molar-refractivity contribution in [3.8, 4) is 0 Å². The van der Waals surface area contributed by atoms with Crippen LogP contribution < -0.4 is 5.32 Å². The van der Waals surface area contributed by atoms with Crippen molar-refractivity contribution in [2.75, 3.05) is 11.9 Å². The van der Waals surface area contributed by atoms with Crippen molar-refractivity contribution in [1.82, 2.24) is 4.98 Å². The van der Waals surface area contributed by atoms with Gasteiger partial charge < -0.3 is 10.4 Å². The van der Waals surface area contributed by atoms with Crippen LogP contribution in [0.1, 0.15) is 50.6 Å². The van der Waals surface area contributed by atoms with Gasteiger partial charge in [0.05, 0.1) is 5.69 Å². The highest BCUT2D eigenvalue weighted by Gasteiger charge is 2.32. The first kappa shape index (κ1) is 14.3.